The lowest BCUT2D eigenvalue weighted by atomic mass is 10.1. The van der Waals surface area contributed by atoms with Gasteiger partial charge in [0.1, 0.15) is 11.9 Å². The molecule has 10 nitrogen and oxygen atoms in total. The maximum Gasteiger partial charge on any atom is 0.427 e. The third-order valence-electron chi connectivity index (χ3n) is 6.47. The summed E-state index contributed by atoms with van der Waals surface area (Å²) in [6, 6.07) is 6.61. The van der Waals surface area contributed by atoms with Crippen LogP contribution < -0.4 is 19.1 Å². The van der Waals surface area contributed by atoms with Crippen LogP contribution in [0.4, 0.5) is 33.7 Å². The second kappa shape index (κ2) is 9.77. The number of carbonyl (C=O) groups excluding carboxylic acids is 1. The maximum absolute atomic E-state index is 14.0. The van der Waals surface area contributed by atoms with Gasteiger partial charge in [0.25, 0.3) is 10.0 Å². The van der Waals surface area contributed by atoms with Crippen molar-refractivity contribution in [3.05, 3.63) is 42.2 Å². The number of sulfonamides is 1. The molecule has 2 aliphatic rings. The van der Waals surface area contributed by atoms with Crippen LogP contribution in [0.1, 0.15) is 20.3 Å². The zero-order valence-corrected chi connectivity index (χ0v) is 21.6. The molecule has 15 heteroatoms. The summed E-state index contributed by atoms with van der Waals surface area (Å²) in [4.78, 5) is 23.3. The van der Waals surface area contributed by atoms with E-state index in [1.54, 1.807) is 0 Å². The van der Waals surface area contributed by atoms with Crippen molar-refractivity contribution in [1.82, 2.24) is 0 Å². The van der Waals surface area contributed by atoms with E-state index < -0.39 is 57.6 Å². The molecule has 0 spiro atoms. The van der Waals surface area contributed by atoms with Crippen LogP contribution >= 0.6 is 0 Å². The predicted octanol–water partition coefficient (Wildman–Crippen LogP) is 4.40. The van der Waals surface area contributed by atoms with E-state index in [2.05, 4.69) is 10.1 Å². The molecule has 2 N–H and O–H groups in total. The summed E-state index contributed by atoms with van der Waals surface area (Å²) in [6.45, 7) is 1.01. The van der Waals surface area contributed by atoms with Crippen LogP contribution in [0.25, 0.3) is 0 Å². The fraction of sp³-hybridized carbons (Fsp3) is 0.417. The molecular formula is C24H24F4N2O8S. The number of alkyl halides is 3. The first kappa shape index (κ1) is 28.3. The molecule has 1 saturated carbocycles. The molecule has 1 amide bonds. The quantitative estimate of drug-likeness (QED) is 0.464. The van der Waals surface area contributed by atoms with Gasteiger partial charge < -0.3 is 19.3 Å². The van der Waals surface area contributed by atoms with Crippen LogP contribution in [0.5, 0.6) is 11.5 Å². The normalized spacial score (nSPS) is 20.9. The van der Waals surface area contributed by atoms with Crippen LogP contribution in [-0.2, 0) is 19.6 Å². The molecule has 2 aromatic rings. The average molecular weight is 577 g/mol. The number of amides is 1. The largest absolute Gasteiger partial charge is 0.494 e. The van der Waals surface area contributed by atoms with E-state index in [0.717, 1.165) is 35.7 Å². The Morgan fingerprint density at radius 1 is 1.15 bits per heavy atom. The number of carboxylic acids is 1. The monoisotopic (exact) mass is 576 g/mol. The van der Waals surface area contributed by atoms with E-state index in [-0.39, 0.29) is 40.7 Å². The minimum Gasteiger partial charge on any atom is -0.494 e. The van der Waals surface area contributed by atoms with Crippen LogP contribution in [0.2, 0.25) is 0 Å². The molecule has 0 aromatic heterocycles. The van der Waals surface area contributed by atoms with Gasteiger partial charge in [-0.1, -0.05) is 0 Å². The van der Waals surface area contributed by atoms with Crippen molar-refractivity contribution in [1.29, 1.82) is 0 Å². The number of nitrogens with zero attached hydrogens (tertiary/aromatic N) is 1. The Bertz CT molecular complexity index is 1410. The Kier molecular flexibility index (Phi) is 7.08. The third kappa shape index (κ3) is 5.53. The number of rotatable bonds is 7. The first-order valence-corrected chi connectivity index (χ1v) is 13.0. The number of carbonyl (C=O) groups is 2. The van der Waals surface area contributed by atoms with Crippen molar-refractivity contribution in [2.45, 2.75) is 43.0 Å². The first-order valence-electron chi connectivity index (χ1n) is 11.5. The summed E-state index contributed by atoms with van der Waals surface area (Å²) in [5.41, 5.74) is -3.00. The number of carboxylic acid groups (broad SMARTS) is 1. The van der Waals surface area contributed by atoms with Gasteiger partial charge in [-0.3, -0.25) is 14.4 Å². The molecule has 0 bridgehead atoms. The van der Waals surface area contributed by atoms with Gasteiger partial charge >= 0.3 is 18.2 Å². The lowest BCUT2D eigenvalue weighted by Gasteiger charge is -2.36. The molecule has 1 heterocycles. The number of nitrogens with one attached hydrogen (secondary N) is 1. The zero-order chi connectivity index (χ0) is 28.9. The summed E-state index contributed by atoms with van der Waals surface area (Å²) in [7, 11) is -3.27. The van der Waals surface area contributed by atoms with E-state index in [9.17, 15) is 40.7 Å². The molecule has 1 aliphatic heterocycles. The highest BCUT2D eigenvalue weighted by Crippen LogP contribution is 2.48. The number of methoxy groups -OCH3 is 1. The van der Waals surface area contributed by atoms with E-state index in [0.29, 0.717) is 13.8 Å². The lowest BCUT2D eigenvalue weighted by molar-refractivity contribution is -0.242. The summed E-state index contributed by atoms with van der Waals surface area (Å²) in [5, 5.41) is 11.5. The Hall–Kier alpha value is -3.75. The molecule has 2 aromatic carbocycles. The van der Waals surface area contributed by atoms with Gasteiger partial charge in [-0.2, -0.15) is 13.2 Å². The van der Waals surface area contributed by atoms with Gasteiger partial charge in [0.05, 0.1) is 30.2 Å². The molecule has 212 valence electrons. The molecular weight excluding hydrogens is 552 g/mol. The average Bonchev–Trinajstić information content (AvgIpc) is 3.64. The van der Waals surface area contributed by atoms with Gasteiger partial charge in [0.15, 0.2) is 11.6 Å². The smallest absolute Gasteiger partial charge is 0.427 e. The van der Waals surface area contributed by atoms with E-state index in [1.165, 1.54) is 12.1 Å². The number of benzene rings is 2. The molecule has 0 saturated heterocycles. The van der Waals surface area contributed by atoms with Crippen molar-refractivity contribution in [3.63, 3.8) is 0 Å². The number of aliphatic carboxylic acids is 1. The summed E-state index contributed by atoms with van der Waals surface area (Å²) < 4.78 is 96.9. The SMILES string of the molecule is COc1cc(S(=O)(=O)N2C[C@H]([C@@H]3C[C@@H]3C(=O)O)Oc3ccc(NC(=O)OC(C)(C)C(F)(F)F)cc32)ccc1F. The molecule has 39 heavy (non-hydrogen) atoms. The number of hydrogen-bond acceptors (Lipinski definition) is 7. The number of hydrogen-bond donors (Lipinski definition) is 2. The minimum atomic E-state index is -4.85. The molecule has 3 atom stereocenters. The predicted molar refractivity (Wildman–Crippen MR) is 128 cm³/mol. The van der Waals surface area contributed by atoms with Crippen molar-refractivity contribution in [2.24, 2.45) is 11.8 Å². The Morgan fingerprint density at radius 2 is 1.85 bits per heavy atom. The second-order valence-electron chi connectivity index (χ2n) is 9.54. The highest BCUT2D eigenvalue weighted by Gasteiger charge is 2.52. The van der Waals surface area contributed by atoms with Crippen LogP contribution in [0.15, 0.2) is 41.3 Å². The van der Waals surface area contributed by atoms with Crippen LogP contribution in [0.3, 0.4) is 0 Å². The Morgan fingerprint density at radius 3 is 2.44 bits per heavy atom. The molecule has 0 radical (unpaired) electrons. The summed E-state index contributed by atoms with van der Waals surface area (Å²) in [5.74, 6) is -3.36. The van der Waals surface area contributed by atoms with E-state index in [1.807, 2.05) is 0 Å². The number of halogens is 4. The van der Waals surface area contributed by atoms with Crippen LogP contribution in [-0.4, -0.2) is 57.1 Å². The van der Waals surface area contributed by atoms with Crippen molar-refractivity contribution in [2.75, 3.05) is 23.3 Å². The first-order chi connectivity index (χ1) is 18.0. The Labute approximate surface area is 220 Å². The van der Waals surface area contributed by atoms with Crippen molar-refractivity contribution >= 4 is 33.5 Å². The van der Waals surface area contributed by atoms with Gasteiger partial charge in [0, 0.05) is 17.7 Å². The zero-order valence-electron chi connectivity index (χ0n) is 20.8. The highest BCUT2D eigenvalue weighted by molar-refractivity contribution is 7.92. The number of fused-ring (bicyclic) bond motifs is 1. The van der Waals surface area contributed by atoms with Gasteiger partial charge in [-0.15, -0.1) is 0 Å². The van der Waals surface area contributed by atoms with E-state index in [4.69, 9.17) is 9.47 Å². The van der Waals surface area contributed by atoms with E-state index >= 15 is 0 Å². The number of anilines is 2. The Balaban J connectivity index is 1.69. The maximum atomic E-state index is 14.0. The standard InChI is InChI=1S/C24H24F4N2O8S/c1-23(2,24(26,27)28)38-22(33)29-12-4-7-18-17(8-12)30(11-20(37-18)14-10-15(14)21(31)32)39(34,35)13-5-6-16(25)19(9-13)36-3/h4-9,14-15,20H,10-11H2,1-3H3,(H,29,33)(H,31,32)/t14-,15+,20-/m1/s1. The molecule has 0 unspecified atom stereocenters. The van der Waals surface area contributed by atoms with Crippen LogP contribution in [0, 0.1) is 17.7 Å². The minimum absolute atomic E-state index is 0.0227. The molecule has 4 rings (SSSR count). The molecule has 1 fully saturated rings. The van der Waals surface area contributed by atoms with Gasteiger partial charge in [-0.05, 0) is 50.6 Å². The van der Waals surface area contributed by atoms with Crippen molar-refractivity contribution < 1.29 is 54.9 Å². The van der Waals surface area contributed by atoms with Gasteiger partial charge in [-0.25, -0.2) is 17.6 Å². The highest BCUT2D eigenvalue weighted by atomic mass is 32.2. The fourth-order valence-electron chi connectivity index (χ4n) is 4.07. The lowest BCUT2D eigenvalue weighted by Crippen LogP contribution is -2.45. The topological polar surface area (TPSA) is 131 Å². The fourth-order valence-corrected chi connectivity index (χ4v) is 5.57. The number of ether oxygens (including phenoxy) is 3. The van der Waals surface area contributed by atoms with Gasteiger partial charge in [0.2, 0.25) is 5.60 Å². The summed E-state index contributed by atoms with van der Waals surface area (Å²) in [6.07, 6.45) is -6.85. The molecule has 1 aliphatic carbocycles. The third-order valence-corrected chi connectivity index (χ3v) is 8.25. The van der Waals surface area contributed by atoms with Crippen molar-refractivity contribution in [3.8, 4) is 11.5 Å². The summed E-state index contributed by atoms with van der Waals surface area (Å²) >= 11 is 0. The second-order valence-corrected chi connectivity index (χ2v) is 11.4.